The van der Waals surface area contributed by atoms with Crippen LogP contribution in [0.15, 0.2) is 74.5 Å². The number of ether oxygens (including phenoxy) is 1. The van der Waals surface area contributed by atoms with Crippen molar-refractivity contribution in [3.05, 3.63) is 95.6 Å². The second-order valence-corrected chi connectivity index (χ2v) is 10.1. The number of aromatic nitrogens is 1. The van der Waals surface area contributed by atoms with Crippen LogP contribution in [0.4, 0.5) is 0 Å². The zero-order valence-electron chi connectivity index (χ0n) is 18.7. The van der Waals surface area contributed by atoms with Gasteiger partial charge < -0.3 is 4.74 Å². The number of thioether (sulfide) groups is 1. The number of rotatable bonds is 5. The van der Waals surface area contributed by atoms with Crippen LogP contribution in [-0.4, -0.2) is 22.9 Å². The zero-order chi connectivity index (χ0) is 23.7. The van der Waals surface area contributed by atoms with Gasteiger partial charge in [0.25, 0.3) is 5.56 Å². The number of fused-ring (bicyclic) bond motifs is 1. The van der Waals surface area contributed by atoms with Crippen LogP contribution in [0.1, 0.15) is 37.9 Å². The molecule has 3 aromatic rings. The van der Waals surface area contributed by atoms with E-state index in [1.54, 1.807) is 49.2 Å². The summed E-state index contributed by atoms with van der Waals surface area (Å²) in [5, 5.41) is 0.560. The third-order valence-electron chi connectivity index (χ3n) is 5.21. The Balaban J connectivity index is 1.95. The van der Waals surface area contributed by atoms with Crippen LogP contribution in [0.2, 0.25) is 5.02 Å². The first-order valence-corrected chi connectivity index (χ1v) is 12.8. The molecule has 5 nitrogen and oxygen atoms in total. The maximum Gasteiger partial charge on any atom is 0.338 e. The summed E-state index contributed by atoms with van der Waals surface area (Å²) in [5.41, 5.74) is 2.27. The first-order valence-electron chi connectivity index (χ1n) is 10.4. The molecule has 1 aliphatic rings. The summed E-state index contributed by atoms with van der Waals surface area (Å²) in [6, 6.07) is 14.6. The number of carbonyl (C=O) groups is 1. The van der Waals surface area contributed by atoms with Gasteiger partial charge in [-0.25, -0.2) is 9.79 Å². The normalized spacial score (nSPS) is 16.1. The number of hydrogen-bond acceptors (Lipinski definition) is 6. The number of allylic oxidation sites excluding steroid dienone is 1. The van der Waals surface area contributed by atoms with Gasteiger partial charge in [-0.15, -0.1) is 11.8 Å². The summed E-state index contributed by atoms with van der Waals surface area (Å²) >= 11 is 9.22. The van der Waals surface area contributed by atoms with Crippen molar-refractivity contribution in [2.75, 3.05) is 6.26 Å². The molecule has 2 aromatic carbocycles. The minimum absolute atomic E-state index is 0.222. The number of nitrogens with zero attached hydrogens (tertiary/aromatic N) is 2. The van der Waals surface area contributed by atoms with Gasteiger partial charge in [0.2, 0.25) is 0 Å². The minimum atomic E-state index is -0.628. The van der Waals surface area contributed by atoms with Crippen LogP contribution in [0.5, 0.6) is 0 Å². The van der Waals surface area contributed by atoms with Crippen molar-refractivity contribution in [2.45, 2.75) is 37.8 Å². The maximum absolute atomic E-state index is 13.6. The van der Waals surface area contributed by atoms with Crippen LogP contribution in [-0.2, 0) is 9.53 Å². The summed E-state index contributed by atoms with van der Waals surface area (Å²) in [4.78, 5) is 32.9. The second kappa shape index (κ2) is 9.71. The Labute approximate surface area is 205 Å². The Morgan fingerprint density at radius 3 is 2.55 bits per heavy atom. The van der Waals surface area contributed by atoms with E-state index in [4.69, 9.17) is 16.3 Å². The molecule has 1 atom stereocenters. The average Bonchev–Trinajstić information content (AvgIpc) is 3.08. The van der Waals surface area contributed by atoms with E-state index in [-0.39, 0.29) is 11.7 Å². The first-order chi connectivity index (χ1) is 15.8. The maximum atomic E-state index is 13.6. The van der Waals surface area contributed by atoms with Crippen molar-refractivity contribution < 1.29 is 9.53 Å². The molecular weight excluding hydrogens is 476 g/mol. The van der Waals surface area contributed by atoms with Gasteiger partial charge in [-0.05, 0) is 62.4 Å². The van der Waals surface area contributed by atoms with E-state index in [0.29, 0.717) is 25.6 Å². The molecule has 0 bridgehead atoms. The topological polar surface area (TPSA) is 60.7 Å². The molecule has 1 aliphatic heterocycles. The third kappa shape index (κ3) is 4.71. The molecular formula is C25H23ClN2O3S2. The van der Waals surface area contributed by atoms with Gasteiger partial charge in [-0.2, -0.15) is 0 Å². The number of hydrogen-bond donors (Lipinski definition) is 0. The quantitative estimate of drug-likeness (QED) is 0.382. The van der Waals surface area contributed by atoms with Gasteiger partial charge in [-0.1, -0.05) is 53.3 Å². The van der Waals surface area contributed by atoms with Gasteiger partial charge in [0.15, 0.2) is 4.80 Å². The molecule has 0 aliphatic carbocycles. The van der Waals surface area contributed by atoms with Gasteiger partial charge in [-0.3, -0.25) is 9.36 Å². The molecule has 0 saturated heterocycles. The summed E-state index contributed by atoms with van der Waals surface area (Å²) < 4.78 is 7.62. The lowest BCUT2D eigenvalue weighted by molar-refractivity contribution is -0.143. The van der Waals surface area contributed by atoms with E-state index in [1.807, 2.05) is 48.7 Å². The standard InChI is InChI=1S/C25H23ClN2O3S2/c1-14(2)31-24(30)21-15(3)27-25-28(22(21)16-9-11-18(32-4)12-10-16)23(29)20(33-25)13-17-7-5-6-8-19(17)26/h5-14,22H,1-4H3. The molecule has 2 heterocycles. The van der Waals surface area contributed by atoms with E-state index >= 15 is 0 Å². The van der Waals surface area contributed by atoms with Crippen LogP contribution < -0.4 is 14.9 Å². The van der Waals surface area contributed by atoms with Crippen molar-refractivity contribution in [3.63, 3.8) is 0 Å². The lowest BCUT2D eigenvalue weighted by Gasteiger charge is -2.25. The Hall–Kier alpha value is -2.61. The molecule has 0 amide bonds. The molecule has 0 N–H and O–H groups in total. The van der Waals surface area contributed by atoms with Gasteiger partial charge >= 0.3 is 5.97 Å². The average molecular weight is 499 g/mol. The SMILES string of the molecule is CSc1ccc(C2C(C(=O)OC(C)C)=C(C)N=c3sc(=Cc4ccccc4Cl)c(=O)n32)cc1. The van der Waals surface area contributed by atoms with E-state index < -0.39 is 12.0 Å². The monoisotopic (exact) mass is 498 g/mol. The number of thiazole rings is 1. The van der Waals surface area contributed by atoms with Crippen molar-refractivity contribution in [1.82, 2.24) is 4.57 Å². The van der Waals surface area contributed by atoms with Crippen molar-refractivity contribution in [3.8, 4) is 0 Å². The fraction of sp³-hybridized carbons (Fsp3) is 0.240. The highest BCUT2D eigenvalue weighted by Crippen LogP contribution is 2.32. The van der Waals surface area contributed by atoms with E-state index in [0.717, 1.165) is 16.0 Å². The van der Waals surface area contributed by atoms with Crippen LogP contribution in [0, 0.1) is 0 Å². The Kier molecular flexibility index (Phi) is 6.93. The number of carbonyl (C=O) groups excluding carboxylic acids is 1. The highest BCUT2D eigenvalue weighted by Gasteiger charge is 2.33. The first kappa shape index (κ1) is 23.5. The molecule has 0 spiro atoms. The number of esters is 1. The van der Waals surface area contributed by atoms with Gasteiger partial charge in [0.1, 0.15) is 0 Å². The Bertz CT molecular complexity index is 1420. The smallest absolute Gasteiger partial charge is 0.338 e. The van der Waals surface area contributed by atoms with Crippen molar-refractivity contribution in [2.24, 2.45) is 4.99 Å². The highest BCUT2D eigenvalue weighted by atomic mass is 35.5. The number of benzene rings is 2. The minimum Gasteiger partial charge on any atom is -0.459 e. The molecule has 8 heteroatoms. The predicted molar refractivity (Wildman–Crippen MR) is 135 cm³/mol. The van der Waals surface area contributed by atoms with Gasteiger partial charge in [0, 0.05) is 9.92 Å². The molecule has 4 rings (SSSR count). The molecule has 0 saturated carbocycles. The predicted octanol–water partition coefficient (Wildman–Crippen LogP) is 4.56. The van der Waals surface area contributed by atoms with E-state index in [9.17, 15) is 9.59 Å². The van der Waals surface area contributed by atoms with Crippen LogP contribution >= 0.6 is 34.7 Å². The van der Waals surface area contributed by atoms with Crippen LogP contribution in [0.25, 0.3) is 6.08 Å². The lowest BCUT2D eigenvalue weighted by atomic mass is 9.96. The summed E-state index contributed by atoms with van der Waals surface area (Å²) in [6.45, 7) is 5.38. The molecule has 1 aromatic heterocycles. The van der Waals surface area contributed by atoms with Gasteiger partial charge in [0.05, 0.1) is 27.9 Å². The lowest BCUT2D eigenvalue weighted by Crippen LogP contribution is -2.40. The van der Waals surface area contributed by atoms with E-state index in [2.05, 4.69) is 4.99 Å². The van der Waals surface area contributed by atoms with Crippen LogP contribution in [0.3, 0.4) is 0 Å². The zero-order valence-corrected chi connectivity index (χ0v) is 21.1. The van der Waals surface area contributed by atoms with E-state index in [1.165, 1.54) is 11.3 Å². The third-order valence-corrected chi connectivity index (χ3v) is 7.28. The Morgan fingerprint density at radius 1 is 1.21 bits per heavy atom. The van der Waals surface area contributed by atoms with Crippen molar-refractivity contribution >= 4 is 46.7 Å². The summed E-state index contributed by atoms with van der Waals surface area (Å²) in [6.07, 6.45) is 3.48. The molecule has 170 valence electrons. The molecule has 33 heavy (non-hydrogen) atoms. The highest BCUT2D eigenvalue weighted by molar-refractivity contribution is 7.98. The fourth-order valence-electron chi connectivity index (χ4n) is 3.70. The van der Waals surface area contributed by atoms with Crippen molar-refractivity contribution in [1.29, 1.82) is 0 Å². The second-order valence-electron chi connectivity index (χ2n) is 7.83. The number of halogens is 1. The molecule has 0 fully saturated rings. The summed E-state index contributed by atoms with van der Waals surface area (Å²) in [5.74, 6) is -0.467. The summed E-state index contributed by atoms with van der Waals surface area (Å²) in [7, 11) is 0. The fourth-order valence-corrected chi connectivity index (χ4v) is 5.33. The molecule has 1 unspecified atom stereocenters. The molecule has 0 radical (unpaired) electrons. The largest absolute Gasteiger partial charge is 0.459 e. The Morgan fingerprint density at radius 2 is 1.91 bits per heavy atom.